The number of hydrogen-bond donors (Lipinski definition) is 1. The Balaban J connectivity index is 1.51. The Morgan fingerprint density at radius 3 is 2.40 bits per heavy atom. The fourth-order valence-corrected chi connectivity index (χ4v) is 2.60. The van der Waals surface area contributed by atoms with Gasteiger partial charge in [0.2, 0.25) is 0 Å². The van der Waals surface area contributed by atoms with Crippen LogP contribution in [0.25, 0.3) is 0 Å². The number of anilines is 2. The van der Waals surface area contributed by atoms with Gasteiger partial charge in [-0.15, -0.1) is 0 Å². The molecule has 3 rings (SSSR count). The molecule has 2 heterocycles. The molecule has 6 nitrogen and oxygen atoms in total. The Kier molecular flexibility index (Phi) is 5.27. The Hall–Kier alpha value is -2.90. The second-order valence-corrected chi connectivity index (χ2v) is 5.50. The van der Waals surface area contributed by atoms with Gasteiger partial charge in [-0.2, -0.15) is 8.78 Å². The number of halogens is 2. The molecule has 0 aliphatic carbocycles. The van der Waals surface area contributed by atoms with Crippen molar-refractivity contribution < 1.29 is 18.3 Å². The van der Waals surface area contributed by atoms with Crippen LogP contribution in [0.4, 0.5) is 25.1 Å². The number of carbonyl (C=O) groups is 1. The number of aromatic nitrogens is 1. The number of amides is 2. The first-order valence-corrected chi connectivity index (χ1v) is 7.88. The maximum absolute atomic E-state index is 12.3. The van der Waals surface area contributed by atoms with Crippen molar-refractivity contribution in [3.63, 3.8) is 0 Å². The highest BCUT2D eigenvalue weighted by atomic mass is 19.3. The molecule has 132 valence electrons. The smallest absolute Gasteiger partial charge is 0.387 e. The van der Waals surface area contributed by atoms with E-state index in [0.29, 0.717) is 31.9 Å². The molecule has 0 unspecified atom stereocenters. The van der Waals surface area contributed by atoms with Gasteiger partial charge < -0.3 is 19.9 Å². The topological polar surface area (TPSA) is 57.7 Å². The van der Waals surface area contributed by atoms with E-state index in [1.54, 1.807) is 11.1 Å². The van der Waals surface area contributed by atoms with Gasteiger partial charge >= 0.3 is 12.6 Å². The molecule has 1 aromatic carbocycles. The molecule has 1 aromatic heterocycles. The van der Waals surface area contributed by atoms with Crippen molar-refractivity contribution in [1.82, 2.24) is 9.88 Å². The summed E-state index contributed by atoms with van der Waals surface area (Å²) in [6.07, 6.45) is 1.75. The first kappa shape index (κ1) is 16.9. The second kappa shape index (κ2) is 7.78. The van der Waals surface area contributed by atoms with Crippen molar-refractivity contribution >= 4 is 17.5 Å². The van der Waals surface area contributed by atoms with Gasteiger partial charge in [-0.05, 0) is 36.4 Å². The van der Waals surface area contributed by atoms with Crippen LogP contribution >= 0.6 is 0 Å². The van der Waals surface area contributed by atoms with Gasteiger partial charge in [0.05, 0.1) is 0 Å². The fourth-order valence-electron chi connectivity index (χ4n) is 2.60. The lowest BCUT2D eigenvalue weighted by Crippen LogP contribution is -2.50. The van der Waals surface area contributed by atoms with Gasteiger partial charge in [-0.25, -0.2) is 9.78 Å². The number of ether oxygens (including phenoxy) is 1. The van der Waals surface area contributed by atoms with Crippen LogP contribution < -0.4 is 15.0 Å². The number of carbonyl (C=O) groups excluding carboxylic acids is 1. The zero-order valence-electron chi connectivity index (χ0n) is 13.4. The number of pyridine rings is 1. The van der Waals surface area contributed by atoms with Gasteiger partial charge in [-0.3, -0.25) is 0 Å². The standard InChI is InChI=1S/C17H18F2N4O2/c18-16(19)25-14-6-4-13(5-7-14)21-17(24)23-11-9-22(10-12-23)15-3-1-2-8-20-15/h1-8,16H,9-12H2,(H,21,24). The summed E-state index contributed by atoms with van der Waals surface area (Å²) >= 11 is 0. The molecule has 1 fully saturated rings. The van der Waals surface area contributed by atoms with Crippen LogP contribution in [0.15, 0.2) is 48.7 Å². The van der Waals surface area contributed by atoms with Gasteiger partial charge in [0.15, 0.2) is 0 Å². The Morgan fingerprint density at radius 2 is 1.80 bits per heavy atom. The Labute approximate surface area is 144 Å². The molecule has 1 saturated heterocycles. The summed E-state index contributed by atoms with van der Waals surface area (Å²) in [5.74, 6) is 0.953. The van der Waals surface area contributed by atoms with Crippen molar-refractivity contribution in [3.8, 4) is 5.75 Å². The average Bonchev–Trinajstić information content (AvgIpc) is 2.64. The summed E-state index contributed by atoms with van der Waals surface area (Å²) in [4.78, 5) is 20.4. The number of piperazine rings is 1. The molecular weight excluding hydrogens is 330 g/mol. The van der Waals surface area contributed by atoms with E-state index >= 15 is 0 Å². The summed E-state index contributed by atoms with van der Waals surface area (Å²) in [5, 5.41) is 2.76. The lowest BCUT2D eigenvalue weighted by molar-refractivity contribution is -0.0498. The van der Waals surface area contributed by atoms with E-state index in [0.717, 1.165) is 5.82 Å². The minimum Gasteiger partial charge on any atom is -0.435 e. The SMILES string of the molecule is O=C(Nc1ccc(OC(F)F)cc1)N1CCN(c2ccccn2)CC1. The summed E-state index contributed by atoms with van der Waals surface area (Å²) < 4.78 is 28.5. The molecule has 0 radical (unpaired) electrons. The predicted octanol–water partition coefficient (Wildman–Crippen LogP) is 3.04. The molecule has 0 spiro atoms. The maximum Gasteiger partial charge on any atom is 0.387 e. The lowest BCUT2D eigenvalue weighted by atomic mass is 10.3. The molecule has 0 saturated carbocycles. The number of rotatable bonds is 4. The van der Waals surface area contributed by atoms with Crippen LogP contribution in [-0.4, -0.2) is 48.7 Å². The number of benzene rings is 1. The third-order valence-corrected chi connectivity index (χ3v) is 3.87. The largest absolute Gasteiger partial charge is 0.435 e. The van der Waals surface area contributed by atoms with Crippen molar-refractivity contribution in [1.29, 1.82) is 0 Å². The summed E-state index contributed by atoms with van der Waals surface area (Å²) in [6.45, 7) is -0.308. The van der Waals surface area contributed by atoms with Crippen LogP contribution in [0.5, 0.6) is 5.75 Å². The van der Waals surface area contributed by atoms with Crippen molar-refractivity contribution in [2.24, 2.45) is 0 Å². The molecule has 2 amide bonds. The molecule has 1 aliphatic heterocycles. The van der Waals surface area contributed by atoms with Crippen LogP contribution in [0.3, 0.4) is 0 Å². The van der Waals surface area contributed by atoms with Crippen molar-refractivity contribution in [3.05, 3.63) is 48.7 Å². The summed E-state index contributed by atoms with van der Waals surface area (Å²) in [6, 6.07) is 11.4. The highest BCUT2D eigenvalue weighted by molar-refractivity contribution is 5.89. The van der Waals surface area contributed by atoms with Gasteiger partial charge in [0.25, 0.3) is 0 Å². The number of hydrogen-bond acceptors (Lipinski definition) is 4. The van der Waals surface area contributed by atoms with Gasteiger partial charge in [-0.1, -0.05) is 6.07 Å². The van der Waals surface area contributed by atoms with E-state index in [4.69, 9.17) is 0 Å². The normalized spacial score (nSPS) is 14.5. The number of alkyl halides is 2. The molecular formula is C17H18F2N4O2. The van der Waals surface area contributed by atoms with Crippen molar-refractivity contribution in [2.75, 3.05) is 36.4 Å². The van der Waals surface area contributed by atoms with Crippen molar-refractivity contribution in [2.45, 2.75) is 6.61 Å². The van der Waals surface area contributed by atoms with Crippen LogP contribution in [-0.2, 0) is 0 Å². The Bertz CT molecular complexity index is 690. The van der Waals surface area contributed by atoms with Gasteiger partial charge in [0.1, 0.15) is 11.6 Å². The fraction of sp³-hybridized carbons (Fsp3) is 0.294. The second-order valence-electron chi connectivity index (χ2n) is 5.50. The predicted molar refractivity (Wildman–Crippen MR) is 90.1 cm³/mol. The summed E-state index contributed by atoms with van der Waals surface area (Å²) in [7, 11) is 0. The molecule has 0 bridgehead atoms. The maximum atomic E-state index is 12.3. The molecule has 0 atom stereocenters. The van der Waals surface area contributed by atoms with Crippen LogP contribution in [0, 0.1) is 0 Å². The van der Waals surface area contributed by atoms with E-state index in [1.807, 2.05) is 18.2 Å². The molecule has 25 heavy (non-hydrogen) atoms. The minimum atomic E-state index is -2.86. The molecule has 1 N–H and O–H groups in total. The zero-order chi connectivity index (χ0) is 17.6. The highest BCUT2D eigenvalue weighted by Crippen LogP contribution is 2.18. The van der Waals surface area contributed by atoms with E-state index in [-0.39, 0.29) is 11.8 Å². The Morgan fingerprint density at radius 1 is 1.08 bits per heavy atom. The zero-order valence-corrected chi connectivity index (χ0v) is 13.4. The number of urea groups is 1. The third kappa shape index (κ3) is 4.56. The van der Waals surface area contributed by atoms with E-state index in [2.05, 4.69) is 19.9 Å². The minimum absolute atomic E-state index is 0.0528. The first-order valence-electron chi connectivity index (χ1n) is 7.88. The van der Waals surface area contributed by atoms with Gasteiger partial charge in [0, 0.05) is 38.1 Å². The number of nitrogens with zero attached hydrogens (tertiary/aromatic N) is 3. The molecule has 1 aliphatic rings. The quantitative estimate of drug-likeness (QED) is 0.923. The lowest BCUT2D eigenvalue weighted by Gasteiger charge is -2.35. The molecule has 8 heteroatoms. The van der Waals surface area contributed by atoms with E-state index < -0.39 is 6.61 Å². The molecule has 2 aromatic rings. The monoisotopic (exact) mass is 348 g/mol. The van der Waals surface area contributed by atoms with Crippen LogP contribution in [0.2, 0.25) is 0 Å². The number of nitrogens with one attached hydrogen (secondary N) is 1. The average molecular weight is 348 g/mol. The first-order chi connectivity index (χ1) is 12.1. The highest BCUT2D eigenvalue weighted by Gasteiger charge is 2.21. The third-order valence-electron chi connectivity index (χ3n) is 3.87. The summed E-state index contributed by atoms with van der Waals surface area (Å²) in [5.41, 5.74) is 0.527. The van der Waals surface area contributed by atoms with E-state index in [9.17, 15) is 13.6 Å². The van der Waals surface area contributed by atoms with E-state index in [1.165, 1.54) is 24.3 Å². The van der Waals surface area contributed by atoms with Crippen LogP contribution in [0.1, 0.15) is 0 Å².